The molecule has 2 aromatic rings. The van der Waals surface area contributed by atoms with Crippen molar-refractivity contribution >= 4 is 16.2 Å². The van der Waals surface area contributed by atoms with E-state index in [-0.39, 0.29) is 25.5 Å². The molecule has 1 N–H and O–H groups in total. The Bertz CT molecular complexity index is 811. The van der Waals surface area contributed by atoms with Gasteiger partial charge >= 0.3 is 142 Å². The zero-order valence-electron chi connectivity index (χ0n) is 13.1. The molecule has 1 aromatic heterocycles. The number of nitrogens with zero attached hydrogens (tertiary/aromatic N) is 2. The van der Waals surface area contributed by atoms with Gasteiger partial charge < -0.3 is 0 Å². The number of aromatic nitrogens is 2. The van der Waals surface area contributed by atoms with Crippen LogP contribution in [-0.2, 0) is 17.9 Å². The first-order valence-electron chi connectivity index (χ1n) is 7.33. The van der Waals surface area contributed by atoms with Crippen LogP contribution in [0.2, 0.25) is 0 Å². The first-order chi connectivity index (χ1) is 11.0. The fraction of sp³-hybridized carbons (Fsp3) is 0.375. The minimum absolute atomic E-state index is 0.0301. The molecule has 0 saturated heterocycles. The van der Waals surface area contributed by atoms with Crippen molar-refractivity contribution in [3.8, 4) is 11.3 Å². The Hall–Kier alpha value is -1.66. The molecule has 123 valence electrons. The standard InChI is InChI=1S/C16H19N2O4Se/c1-3-13-14(12-6-4-5-11(2)9-12)17(10-22-8-7-19)16(21)18(23)15(13)20/h4-6,9,19H,3,7-8,10H2,1-2H3. The van der Waals surface area contributed by atoms with Crippen molar-refractivity contribution < 1.29 is 9.84 Å². The van der Waals surface area contributed by atoms with Crippen molar-refractivity contribution in [1.29, 1.82) is 0 Å². The van der Waals surface area contributed by atoms with Crippen LogP contribution >= 0.6 is 0 Å². The Morgan fingerprint density at radius 1 is 1.30 bits per heavy atom. The van der Waals surface area contributed by atoms with E-state index in [0.29, 0.717) is 17.7 Å². The number of hydrogen-bond donors (Lipinski definition) is 1. The van der Waals surface area contributed by atoms with Crippen LogP contribution in [0, 0.1) is 6.92 Å². The maximum atomic E-state index is 12.5. The van der Waals surface area contributed by atoms with Crippen molar-refractivity contribution in [2.45, 2.75) is 27.0 Å². The second-order valence-electron chi connectivity index (χ2n) is 5.12. The van der Waals surface area contributed by atoms with Crippen molar-refractivity contribution in [3.05, 3.63) is 56.2 Å². The van der Waals surface area contributed by atoms with E-state index in [1.807, 2.05) is 38.1 Å². The van der Waals surface area contributed by atoms with Crippen molar-refractivity contribution in [2.75, 3.05) is 13.2 Å². The monoisotopic (exact) mass is 383 g/mol. The van der Waals surface area contributed by atoms with E-state index in [9.17, 15) is 9.59 Å². The Balaban J connectivity index is 2.75. The molecule has 0 saturated carbocycles. The van der Waals surface area contributed by atoms with E-state index >= 15 is 0 Å². The van der Waals surface area contributed by atoms with Crippen LogP contribution in [0.1, 0.15) is 18.1 Å². The van der Waals surface area contributed by atoms with E-state index in [4.69, 9.17) is 9.84 Å². The molecule has 6 nitrogen and oxygen atoms in total. The molecule has 0 aliphatic heterocycles. The molecule has 0 aliphatic rings. The molecule has 0 aliphatic carbocycles. The SMILES string of the molecule is CCc1c(-c2cccc(C)c2)n(COCCO)c(=O)n([Se])c1=O. The molecule has 0 amide bonds. The van der Waals surface area contributed by atoms with Gasteiger partial charge in [-0.3, -0.25) is 0 Å². The van der Waals surface area contributed by atoms with Gasteiger partial charge in [-0.1, -0.05) is 0 Å². The fourth-order valence-corrected chi connectivity index (χ4v) is 2.90. The van der Waals surface area contributed by atoms with Crippen LogP contribution in [0.5, 0.6) is 0 Å². The summed E-state index contributed by atoms with van der Waals surface area (Å²) in [6, 6.07) is 7.64. The van der Waals surface area contributed by atoms with Gasteiger partial charge in [0.2, 0.25) is 0 Å². The second-order valence-corrected chi connectivity index (χ2v) is 5.89. The Morgan fingerprint density at radius 2 is 2.04 bits per heavy atom. The quantitative estimate of drug-likeness (QED) is 0.582. The number of aliphatic hydroxyl groups excluding tert-OH is 1. The minimum atomic E-state index is -0.485. The molecule has 7 heteroatoms. The molecule has 0 bridgehead atoms. The summed E-state index contributed by atoms with van der Waals surface area (Å²) < 4.78 is 7.71. The number of aryl methyl sites for hydroxylation is 1. The zero-order chi connectivity index (χ0) is 17.0. The third kappa shape index (κ3) is 3.64. The molecule has 0 fully saturated rings. The summed E-state index contributed by atoms with van der Waals surface area (Å²) in [4.78, 5) is 24.9. The van der Waals surface area contributed by atoms with Gasteiger partial charge in [0, 0.05) is 0 Å². The second kappa shape index (κ2) is 7.75. The fourth-order valence-electron chi connectivity index (χ4n) is 2.46. The van der Waals surface area contributed by atoms with E-state index in [0.717, 1.165) is 14.7 Å². The number of aliphatic hydroxyl groups is 1. The molecule has 0 unspecified atom stereocenters. The van der Waals surface area contributed by atoms with Crippen LogP contribution in [0.15, 0.2) is 33.9 Å². The first kappa shape index (κ1) is 17.7. The molecular formula is C16H19N2O4Se. The van der Waals surface area contributed by atoms with Gasteiger partial charge in [-0.2, -0.15) is 0 Å². The van der Waals surface area contributed by atoms with Crippen molar-refractivity contribution in [1.82, 2.24) is 8.15 Å². The molecule has 0 atom stereocenters. The molecule has 23 heavy (non-hydrogen) atoms. The molecule has 1 radical (unpaired) electrons. The number of hydrogen-bond acceptors (Lipinski definition) is 4. The number of rotatable bonds is 6. The summed E-state index contributed by atoms with van der Waals surface area (Å²) in [7, 11) is 0. The summed E-state index contributed by atoms with van der Waals surface area (Å²) in [6.45, 7) is 3.78. The maximum absolute atomic E-state index is 12.5. The van der Waals surface area contributed by atoms with Crippen molar-refractivity contribution in [3.63, 3.8) is 0 Å². The summed E-state index contributed by atoms with van der Waals surface area (Å²) in [5.74, 6) is 0. The van der Waals surface area contributed by atoms with Gasteiger partial charge in [0.1, 0.15) is 0 Å². The summed E-state index contributed by atoms with van der Waals surface area (Å²) in [5.41, 5.74) is 2.11. The van der Waals surface area contributed by atoms with Gasteiger partial charge in [-0.25, -0.2) is 0 Å². The molecule has 1 heterocycles. The van der Waals surface area contributed by atoms with Crippen LogP contribution in [0.4, 0.5) is 0 Å². The predicted molar refractivity (Wildman–Crippen MR) is 88.7 cm³/mol. The number of benzene rings is 1. The Labute approximate surface area is 142 Å². The van der Waals surface area contributed by atoms with Crippen LogP contribution in [0.3, 0.4) is 0 Å². The van der Waals surface area contributed by atoms with Gasteiger partial charge in [0.25, 0.3) is 0 Å². The van der Waals surface area contributed by atoms with Gasteiger partial charge in [-0.15, -0.1) is 0 Å². The normalized spacial score (nSPS) is 10.9. The van der Waals surface area contributed by atoms with Crippen LogP contribution in [0.25, 0.3) is 11.3 Å². The van der Waals surface area contributed by atoms with Crippen molar-refractivity contribution in [2.24, 2.45) is 0 Å². The predicted octanol–water partition coefficient (Wildman–Crippen LogP) is 0.446. The summed E-state index contributed by atoms with van der Waals surface area (Å²) in [5, 5.41) is 8.86. The van der Waals surface area contributed by atoms with E-state index in [1.54, 1.807) is 0 Å². The summed E-state index contributed by atoms with van der Waals surface area (Å²) in [6.07, 6.45) is 0.490. The number of ether oxygens (including phenoxy) is 1. The summed E-state index contributed by atoms with van der Waals surface area (Å²) >= 11 is 2.50. The molecule has 1 aromatic carbocycles. The molecular weight excluding hydrogens is 363 g/mol. The third-order valence-corrected chi connectivity index (χ3v) is 4.18. The third-order valence-electron chi connectivity index (χ3n) is 3.50. The van der Waals surface area contributed by atoms with Gasteiger partial charge in [0.05, 0.1) is 0 Å². The average molecular weight is 382 g/mol. The average Bonchev–Trinajstić information content (AvgIpc) is 2.54. The van der Waals surface area contributed by atoms with Gasteiger partial charge in [0.15, 0.2) is 0 Å². The van der Waals surface area contributed by atoms with E-state index in [1.165, 1.54) is 4.57 Å². The Morgan fingerprint density at radius 3 is 2.65 bits per heavy atom. The topological polar surface area (TPSA) is 73.5 Å². The zero-order valence-corrected chi connectivity index (χ0v) is 14.8. The Kier molecular flexibility index (Phi) is 5.96. The molecule has 0 spiro atoms. The molecule has 2 rings (SSSR count). The van der Waals surface area contributed by atoms with E-state index < -0.39 is 5.69 Å². The first-order valence-corrected chi connectivity index (χ1v) is 8.09. The van der Waals surface area contributed by atoms with Crippen LogP contribution < -0.4 is 11.2 Å². The van der Waals surface area contributed by atoms with Crippen LogP contribution in [-0.4, -0.2) is 42.7 Å². The van der Waals surface area contributed by atoms with E-state index in [2.05, 4.69) is 16.2 Å². The van der Waals surface area contributed by atoms with Gasteiger partial charge in [-0.05, 0) is 0 Å².